The molecule has 1 fully saturated rings. The average Bonchev–Trinajstić information content (AvgIpc) is 2.53. The van der Waals surface area contributed by atoms with Gasteiger partial charge in [0.05, 0.1) is 12.5 Å². The topological polar surface area (TPSA) is 58.6 Å². The van der Waals surface area contributed by atoms with Gasteiger partial charge in [0.25, 0.3) is 0 Å². The summed E-state index contributed by atoms with van der Waals surface area (Å²) < 4.78 is 5.64. The van der Waals surface area contributed by atoms with Crippen LogP contribution in [0, 0.1) is 5.92 Å². The van der Waals surface area contributed by atoms with Gasteiger partial charge in [0.2, 0.25) is 11.8 Å². The molecule has 0 spiro atoms. The second kappa shape index (κ2) is 5.99. The van der Waals surface area contributed by atoms with Crippen molar-refractivity contribution in [1.29, 1.82) is 0 Å². The summed E-state index contributed by atoms with van der Waals surface area (Å²) in [5.41, 5.74) is 0.937. The second-order valence-corrected chi connectivity index (χ2v) is 6.24. The fourth-order valence-corrected chi connectivity index (χ4v) is 3.39. The Labute approximate surface area is 130 Å². The Balaban J connectivity index is 1.89. The summed E-state index contributed by atoms with van der Waals surface area (Å²) in [5, 5.41) is 2.86. The van der Waals surface area contributed by atoms with E-state index < -0.39 is 0 Å². The van der Waals surface area contributed by atoms with Crippen LogP contribution in [0.1, 0.15) is 31.7 Å². The molecular weight excluding hydrogens is 280 g/mol. The quantitative estimate of drug-likeness (QED) is 0.901. The Bertz CT molecular complexity index is 585. The molecule has 0 radical (unpaired) electrons. The lowest BCUT2D eigenvalue weighted by atomic mass is 9.89. The number of amides is 2. The number of fused-ring (bicyclic) bond motifs is 1. The molecule has 118 valence electrons. The van der Waals surface area contributed by atoms with Crippen molar-refractivity contribution in [1.82, 2.24) is 10.2 Å². The number of hydrogen-bond donors (Lipinski definition) is 1. The van der Waals surface area contributed by atoms with E-state index in [9.17, 15) is 9.59 Å². The molecule has 5 heteroatoms. The lowest BCUT2D eigenvalue weighted by Crippen LogP contribution is -2.60. The highest BCUT2D eigenvalue weighted by Gasteiger charge is 2.39. The average molecular weight is 302 g/mol. The Morgan fingerprint density at radius 3 is 2.91 bits per heavy atom. The van der Waals surface area contributed by atoms with Gasteiger partial charge in [0.15, 0.2) is 0 Å². The van der Waals surface area contributed by atoms with E-state index in [1.54, 1.807) is 4.90 Å². The van der Waals surface area contributed by atoms with Crippen LogP contribution in [-0.4, -0.2) is 42.5 Å². The van der Waals surface area contributed by atoms with E-state index >= 15 is 0 Å². The SMILES string of the molecule is CC(C)[C@H]1C(=O)NCCN1C(=O)[C@@H]1CCOc2ccccc21. The zero-order chi connectivity index (χ0) is 15.7. The molecular formula is C17H22N2O3. The molecule has 1 aromatic rings. The van der Waals surface area contributed by atoms with Gasteiger partial charge in [-0.25, -0.2) is 0 Å². The van der Waals surface area contributed by atoms with Crippen LogP contribution >= 0.6 is 0 Å². The predicted molar refractivity (Wildman–Crippen MR) is 82.6 cm³/mol. The molecule has 22 heavy (non-hydrogen) atoms. The summed E-state index contributed by atoms with van der Waals surface area (Å²) >= 11 is 0. The van der Waals surface area contributed by atoms with Crippen LogP contribution in [0.2, 0.25) is 0 Å². The van der Waals surface area contributed by atoms with Gasteiger partial charge in [-0.2, -0.15) is 0 Å². The molecule has 1 aromatic carbocycles. The van der Waals surface area contributed by atoms with Crippen LogP contribution in [0.5, 0.6) is 5.75 Å². The van der Waals surface area contributed by atoms with Crippen LogP contribution in [0.15, 0.2) is 24.3 Å². The molecule has 0 saturated carbocycles. The van der Waals surface area contributed by atoms with E-state index in [1.165, 1.54) is 0 Å². The minimum atomic E-state index is -0.378. The van der Waals surface area contributed by atoms with Gasteiger partial charge in [-0.05, 0) is 18.4 Å². The van der Waals surface area contributed by atoms with Crippen molar-refractivity contribution in [2.24, 2.45) is 5.92 Å². The summed E-state index contributed by atoms with van der Waals surface area (Å²) in [6.07, 6.45) is 0.665. The van der Waals surface area contributed by atoms with Crippen molar-refractivity contribution in [3.63, 3.8) is 0 Å². The van der Waals surface area contributed by atoms with E-state index in [0.29, 0.717) is 26.1 Å². The molecule has 5 nitrogen and oxygen atoms in total. The number of carbonyl (C=O) groups excluding carboxylic acids is 2. The van der Waals surface area contributed by atoms with Gasteiger partial charge in [0, 0.05) is 18.7 Å². The monoisotopic (exact) mass is 302 g/mol. The van der Waals surface area contributed by atoms with E-state index in [1.807, 2.05) is 38.1 Å². The zero-order valence-corrected chi connectivity index (χ0v) is 13.0. The Hall–Kier alpha value is -2.04. The Kier molecular flexibility index (Phi) is 4.05. The molecule has 0 aromatic heterocycles. The van der Waals surface area contributed by atoms with Crippen molar-refractivity contribution in [3.05, 3.63) is 29.8 Å². The zero-order valence-electron chi connectivity index (χ0n) is 13.0. The van der Waals surface area contributed by atoms with Crippen molar-refractivity contribution in [3.8, 4) is 5.75 Å². The molecule has 1 N–H and O–H groups in total. The Morgan fingerprint density at radius 1 is 1.36 bits per heavy atom. The molecule has 2 aliphatic rings. The highest BCUT2D eigenvalue weighted by Crippen LogP contribution is 2.35. The number of nitrogens with one attached hydrogen (secondary N) is 1. The largest absolute Gasteiger partial charge is 0.493 e. The first kappa shape index (κ1) is 14.9. The maximum atomic E-state index is 13.1. The number of rotatable bonds is 2. The molecule has 1 saturated heterocycles. The number of para-hydroxylation sites is 1. The van der Waals surface area contributed by atoms with Gasteiger partial charge in [-0.3, -0.25) is 9.59 Å². The van der Waals surface area contributed by atoms with Crippen molar-refractivity contribution in [2.45, 2.75) is 32.2 Å². The Morgan fingerprint density at radius 2 is 2.14 bits per heavy atom. The van der Waals surface area contributed by atoms with Crippen LogP contribution in [0.4, 0.5) is 0 Å². The standard InChI is InChI=1S/C17H22N2O3/c1-11(2)15-16(20)18-8-9-19(15)17(21)13-7-10-22-14-6-4-3-5-12(13)14/h3-6,11,13,15H,7-10H2,1-2H3,(H,18,20)/t13-,15+/m1/s1. The van der Waals surface area contributed by atoms with Crippen LogP contribution in [0.3, 0.4) is 0 Å². The first-order chi connectivity index (χ1) is 10.6. The molecule has 2 aliphatic heterocycles. The lowest BCUT2D eigenvalue weighted by molar-refractivity contribution is -0.146. The summed E-state index contributed by atoms with van der Waals surface area (Å²) in [7, 11) is 0. The van der Waals surface area contributed by atoms with E-state index in [-0.39, 0.29) is 29.7 Å². The van der Waals surface area contributed by atoms with E-state index in [4.69, 9.17) is 4.74 Å². The number of ether oxygens (including phenoxy) is 1. The van der Waals surface area contributed by atoms with Crippen LogP contribution in [0.25, 0.3) is 0 Å². The van der Waals surface area contributed by atoms with Gasteiger partial charge < -0.3 is 15.0 Å². The maximum absolute atomic E-state index is 13.1. The first-order valence-electron chi connectivity index (χ1n) is 7.89. The third-order valence-electron chi connectivity index (χ3n) is 4.43. The number of benzene rings is 1. The second-order valence-electron chi connectivity index (χ2n) is 6.24. The highest BCUT2D eigenvalue weighted by atomic mass is 16.5. The fourth-order valence-electron chi connectivity index (χ4n) is 3.39. The van der Waals surface area contributed by atoms with Gasteiger partial charge >= 0.3 is 0 Å². The minimum absolute atomic E-state index is 0.0456. The fraction of sp³-hybridized carbons (Fsp3) is 0.529. The summed E-state index contributed by atoms with van der Waals surface area (Å²) in [6.45, 7) is 5.60. The molecule has 2 atom stereocenters. The first-order valence-corrected chi connectivity index (χ1v) is 7.89. The predicted octanol–water partition coefficient (Wildman–Crippen LogP) is 1.54. The summed E-state index contributed by atoms with van der Waals surface area (Å²) in [6, 6.07) is 7.31. The molecule has 2 amide bonds. The molecule has 2 heterocycles. The third kappa shape index (κ3) is 2.56. The van der Waals surface area contributed by atoms with Crippen molar-refractivity contribution < 1.29 is 14.3 Å². The van der Waals surface area contributed by atoms with Gasteiger partial charge in [-0.1, -0.05) is 32.0 Å². The number of carbonyl (C=O) groups is 2. The highest BCUT2D eigenvalue weighted by molar-refractivity contribution is 5.92. The number of nitrogens with zero attached hydrogens (tertiary/aromatic N) is 1. The minimum Gasteiger partial charge on any atom is -0.493 e. The molecule has 0 bridgehead atoms. The van der Waals surface area contributed by atoms with Gasteiger partial charge in [0.1, 0.15) is 11.8 Å². The van der Waals surface area contributed by atoms with E-state index in [2.05, 4.69) is 5.32 Å². The normalized spacial score (nSPS) is 24.5. The summed E-state index contributed by atoms with van der Waals surface area (Å²) in [4.78, 5) is 27.0. The van der Waals surface area contributed by atoms with Crippen molar-refractivity contribution >= 4 is 11.8 Å². The van der Waals surface area contributed by atoms with Crippen LogP contribution in [-0.2, 0) is 9.59 Å². The van der Waals surface area contributed by atoms with Gasteiger partial charge in [-0.15, -0.1) is 0 Å². The molecule has 3 rings (SSSR count). The lowest BCUT2D eigenvalue weighted by Gasteiger charge is -2.40. The smallest absolute Gasteiger partial charge is 0.243 e. The maximum Gasteiger partial charge on any atom is 0.243 e. The third-order valence-corrected chi connectivity index (χ3v) is 4.43. The number of hydrogen-bond acceptors (Lipinski definition) is 3. The molecule has 0 unspecified atom stereocenters. The summed E-state index contributed by atoms with van der Waals surface area (Å²) in [5.74, 6) is 0.672. The number of piperazine rings is 1. The molecule has 0 aliphatic carbocycles. The van der Waals surface area contributed by atoms with Crippen molar-refractivity contribution in [2.75, 3.05) is 19.7 Å². The van der Waals surface area contributed by atoms with E-state index in [0.717, 1.165) is 11.3 Å². The van der Waals surface area contributed by atoms with Crippen LogP contribution < -0.4 is 10.1 Å².